The summed E-state index contributed by atoms with van der Waals surface area (Å²) in [5.41, 5.74) is 2.97. The maximum atomic E-state index is 4.94. The van der Waals surface area contributed by atoms with Crippen molar-refractivity contribution in [2.75, 3.05) is 84.6 Å². The summed E-state index contributed by atoms with van der Waals surface area (Å²) in [6, 6.07) is 0. The molecule has 9 nitrogen and oxygen atoms in total. The number of aromatic nitrogens is 3. The highest BCUT2D eigenvalue weighted by Crippen LogP contribution is 2.25. The van der Waals surface area contributed by atoms with E-state index in [0.29, 0.717) is 17.5 Å². The van der Waals surface area contributed by atoms with Crippen molar-refractivity contribution in [1.29, 1.82) is 0 Å². The minimum Gasteiger partial charge on any atom is -0.364 e. The molecule has 0 aliphatic carbocycles. The second-order valence-electron chi connectivity index (χ2n) is 9.52. The van der Waals surface area contributed by atoms with E-state index in [9.17, 15) is 0 Å². The average molecular weight is 460 g/mol. The fraction of sp³-hybridized carbons (Fsp3) is 0.625. The molecule has 0 spiro atoms. The van der Waals surface area contributed by atoms with E-state index in [4.69, 9.17) is 15.0 Å². The van der Waals surface area contributed by atoms with Crippen LogP contribution in [0.15, 0.2) is 17.5 Å². The number of allylic oxidation sites excluding steroid dienone is 3. The van der Waals surface area contributed by atoms with E-state index in [0.717, 1.165) is 34.2 Å². The van der Waals surface area contributed by atoms with Gasteiger partial charge in [-0.15, -0.1) is 0 Å². The number of rotatable bonds is 9. The molecule has 0 aromatic carbocycles. The Morgan fingerprint density at radius 2 is 0.515 bits per heavy atom. The van der Waals surface area contributed by atoms with Gasteiger partial charge < -0.3 is 29.4 Å². The fourth-order valence-electron chi connectivity index (χ4n) is 4.39. The van der Waals surface area contributed by atoms with Crippen LogP contribution in [0.2, 0.25) is 0 Å². The highest BCUT2D eigenvalue weighted by molar-refractivity contribution is 5.68. The SMILES string of the molecule is CC(=C(N(C)C)N(C)C)c1nc(C(C)=C(N(C)C)N(C)C)nc(C(C)=C(N(C)C)N(C)C)n1. The molecule has 1 heterocycles. The Morgan fingerprint density at radius 1 is 0.364 bits per heavy atom. The molecule has 0 amide bonds. The van der Waals surface area contributed by atoms with Crippen LogP contribution in [0, 0.1) is 0 Å². The second kappa shape index (κ2) is 11.2. The van der Waals surface area contributed by atoms with E-state index in [1.165, 1.54) is 0 Å². The van der Waals surface area contributed by atoms with Gasteiger partial charge in [0.1, 0.15) is 17.5 Å². The molecule has 0 atom stereocenters. The summed E-state index contributed by atoms with van der Waals surface area (Å²) < 4.78 is 0. The third-order valence-electron chi connectivity index (χ3n) is 5.19. The standard InChI is InChI=1S/C24H45N9/c1-16(22(28(4)5)29(6)7)19-25-20(17(2)23(30(8)9)31(10)11)27-21(26-19)18(3)24(32(12)13)33(14)15/h1-15H3. The van der Waals surface area contributed by atoms with Crippen molar-refractivity contribution >= 4 is 16.7 Å². The molecule has 1 rings (SSSR count). The van der Waals surface area contributed by atoms with Crippen molar-refractivity contribution in [3.05, 3.63) is 34.9 Å². The van der Waals surface area contributed by atoms with Crippen LogP contribution in [0.25, 0.3) is 16.7 Å². The molecule has 0 saturated heterocycles. The third-order valence-corrected chi connectivity index (χ3v) is 5.19. The molecule has 9 heteroatoms. The summed E-state index contributed by atoms with van der Waals surface area (Å²) >= 11 is 0. The molecular formula is C24H45N9. The molecule has 0 unspecified atom stereocenters. The Hall–Kier alpha value is -2.97. The van der Waals surface area contributed by atoms with Crippen LogP contribution in [0.3, 0.4) is 0 Å². The van der Waals surface area contributed by atoms with Gasteiger partial charge in [-0.3, -0.25) is 0 Å². The molecule has 0 N–H and O–H groups in total. The van der Waals surface area contributed by atoms with Crippen molar-refractivity contribution in [3.63, 3.8) is 0 Å². The summed E-state index contributed by atoms with van der Waals surface area (Å²) in [7, 11) is 24.4. The van der Waals surface area contributed by atoms with Gasteiger partial charge in [0.05, 0.1) is 0 Å². The van der Waals surface area contributed by atoms with E-state index in [1.807, 2.05) is 84.6 Å². The van der Waals surface area contributed by atoms with Crippen LogP contribution in [-0.2, 0) is 0 Å². The largest absolute Gasteiger partial charge is 0.364 e. The van der Waals surface area contributed by atoms with Crippen molar-refractivity contribution in [2.24, 2.45) is 0 Å². The van der Waals surface area contributed by atoms with Gasteiger partial charge in [-0.05, 0) is 20.8 Å². The van der Waals surface area contributed by atoms with Gasteiger partial charge in [-0.2, -0.15) is 0 Å². The average Bonchev–Trinajstić information content (AvgIpc) is 2.65. The topological polar surface area (TPSA) is 58.1 Å². The summed E-state index contributed by atoms with van der Waals surface area (Å²) in [6.07, 6.45) is 0. The molecule has 33 heavy (non-hydrogen) atoms. The number of hydrogen-bond donors (Lipinski definition) is 0. The highest BCUT2D eigenvalue weighted by Gasteiger charge is 2.20. The quantitative estimate of drug-likeness (QED) is 0.554. The van der Waals surface area contributed by atoms with Gasteiger partial charge in [0, 0.05) is 101 Å². The fourth-order valence-corrected chi connectivity index (χ4v) is 4.39. The molecule has 1 aromatic rings. The zero-order chi connectivity index (χ0) is 25.8. The van der Waals surface area contributed by atoms with Crippen molar-refractivity contribution in [3.8, 4) is 0 Å². The maximum Gasteiger partial charge on any atom is 0.163 e. The minimum absolute atomic E-state index is 0.667. The summed E-state index contributed by atoms with van der Waals surface area (Å²) in [4.78, 5) is 27.3. The monoisotopic (exact) mass is 459 g/mol. The van der Waals surface area contributed by atoms with E-state index in [-0.39, 0.29) is 0 Å². The Balaban J connectivity index is 4.11. The molecule has 1 aromatic heterocycles. The molecule has 0 fully saturated rings. The molecule has 0 saturated carbocycles. The molecular weight excluding hydrogens is 414 g/mol. The van der Waals surface area contributed by atoms with Crippen molar-refractivity contribution in [1.82, 2.24) is 44.4 Å². The lowest BCUT2D eigenvalue weighted by molar-refractivity contribution is 0.344. The van der Waals surface area contributed by atoms with Crippen LogP contribution in [0.1, 0.15) is 38.2 Å². The number of nitrogens with zero attached hydrogens (tertiary/aromatic N) is 9. The summed E-state index contributed by atoms with van der Waals surface area (Å²) in [5, 5.41) is 0. The van der Waals surface area contributed by atoms with Crippen LogP contribution < -0.4 is 0 Å². The third kappa shape index (κ3) is 6.52. The van der Waals surface area contributed by atoms with E-state index in [2.05, 4.69) is 50.2 Å². The lowest BCUT2D eigenvalue weighted by atomic mass is 10.2. The first-order valence-corrected chi connectivity index (χ1v) is 11.0. The zero-order valence-corrected chi connectivity index (χ0v) is 23.5. The molecule has 0 aliphatic rings. The maximum absolute atomic E-state index is 4.94. The molecule has 0 bridgehead atoms. The summed E-state index contributed by atoms with van der Waals surface area (Å²) in [5.74, 6) is 5.13. The first-order valence-electron chi connectivity index (χ1n) is 11.0. The molecule has 186 valence electrons. The lowest BCUT2D eigenvalue weighted by Gasteiger charge is -2.28. The van der Waals surface area contributed by atoms with Crippen LogP contribution in [-0.4, -0.2) is 129 Å². The smallest absolute Gasteiger partial charge is 0.163 e. The summed E-state index contributed by atoms with van der Waals surface area (Å²) in [6.45, 7) is 6.19. The van der Waals surface area contributed by atoms with E-state index < -0.39 is 0 Å². The van der Waals surface area contributed by atoms with Gasteiger partial charge in [-0.1, -0.05) is 0 Å². The highest BCUT2D eigenvalue weighted by atomic mass is 15.3. The Bertz CT molecular complexity index is 759. The normalized spacial score (nSPS) is 10.3. The van der Waals surface area contributed by atoms with Gasteiger partial charge in [0.2, 0.25) is 0 Å². The molecule has 0 aliphatic heterocycles. The predicted octanol–water partition coefficient (Wildman–Crippen LogP) is 2.31. The first-order chi connectivity index (χ1) is 15.1. The Labute approximate surface area is 201 Å². The lowest BCUT2D eigenvalue weighted by Crippen LogP contribution is -2.28. The Morgan fingerprint density at radius 3 is 0.636 bits per heavy atom. The predicted molar refractivity (Wildman–Crippen MR) is 140 cm³/mol. The molecule has 0 radical (unpaired) electrons. The van der Waals surface area contributed by atoms with Gasteiger partial charge in [0.15, 0.2) is 17.5 Å². The Kier molecular flexibility index (Phi) is 9.57. The van der Waals surface area contributed by atoms with Gasteiger partial charge in [0.25, 0.3) is 0 Å². The van der Waals surface area contributed by atoms with Crippen LogP contribution in [0.4, 0.5) is 0 Å². The van der Waals surface area contributed by atoms with Crippen LogP contribution in [0.5, 0.6) is 0 Å². The zero-order valence-electron chi connectivity index (χ0n) is 23.5. The van der Waals surface area contributed by atoms with Gasteiger partial charge >= 0.3 is 0 Å². The van der Waals surface area contributed by atoms with Crippen molar-refractivity contribution in [2.45, 2.75) is 20.8 Å². The van der Waals surface area contributed by atoms with E-state index in [1.54, 1.807) is 0 Å². The van der Waals surface area contributed by atoms with E-state index >= 15 is 0 Å². The number of hydrogen-bond acceptors (Lipinski definition) is 9. The first kappa shape index (κ1) is 28.1. The van der Waals surface area contributed by atoms with Crippen molar-refractivity contribution < 1.29 is 0 Å². The van der Waals surface area contributed by atoms with Crippen LogP contribution >= 0.6 is 0 Å². The van der Waals surface area contributed by atoms with Gasteiger partial charge in [-0.25, -0.2) is 15.0 Å². The second-order valence-corrected chi connectivity index (χ2v) is 9.52. The minimum atomic E-state index is 0.667.